The number of rotatable bonds is 8. The Hall–Kier alpha value is -3.88. The van der Waals surface area contributed by atoms with Crippen molar-refractivity contribution in [3.8, 4) is 17.0 Å². The fourth-order valence-electron chi connectivity index (χ4n) is 3.45. The molecule has 9 heteroatoms. The largest absolute Gasteiger partial charge is 0.478 e. The number of amides is 1. The number of benzene rings is 2. The van der Waals surface area contributed by atoms with Crippen LogP contribution in [0.3, 0.4) is 0 Å². The maximum atomic E-state index is 12.8. The molecule has 0 spiro atoms. The predicted octanol–water partition coefficient (Wildman–Crippen LogP) is 6.20. The summed E-state index contributed by atoms with van der Waals surface area (Å²) in [5.74, 6) is -0.822. The van der Waals surface area contributed by atoms with E-state index in [1.54, 1.807) is 31.2 Å². The average Bonchev–Trinajstić information content (AvgIpc) is 2.80. The molecule has 1 heterocycles. The lowest BCUT2D eigenvalue weighted by Gasteiger charge is -2.23. The van der Waals surface area contributed by atoms with Crippen LogP contribution in [0.15, 0.2) is 54.6 Å². The molecule has 0 saturated heterocycles. The van der Waals surface area contributed by atoms with E-state index in [1.165, 1.54) is 26.0 Å². The summed E-state index contributed by atoms with van der Waals surface area (Å²) in [6, 6.07) is 13.4. The third-order valence-corrected chi connectivity index (χ3v) is 5.63. The van der Waals surface area contributed by atoms with Gasteiger partial charge in [-0.2, -0.15) is 13.2 Å². The van der Waals surface area contributed by atoms with Crippen LogP contribution < -0.4 is 10.1 Å². The van der Waals surface area contributed by atoms with Crippen LogP contribution in [0.25, 0.3) is 11.3 Å². The second-order valence-corrected chi connectivity index (χ2v) is 8.97. The van der Waals surface area contributed by atoms with Crippen molar-refractivity contribution in [3.05, 3.63) is 77.0 Å². The summed E-state index contributed by atoms with van der Waals surface area (Å²) in [7, 11) is 0. The standard InChI is InChI=1S/C27H27F3N2O4/c1-16-15-18(5-13-23(16)36-26(3,4)25(34)35)6-14-24(33)32-21-11-12-22(31-17(21)2)19-7-9-20(10-8-19)27(28,29)30/h5,7-13,15H,6,14H2,1-4H3,(H,32,33)(H,34,35). The highest BCUT2D eigenvalue weighted by atomic mass is 19.4. The summed E-state index contributed by atoms with van der Waals surface area (Å²) in [6.45, 7) is 6.47. The molecule has 0 atom stereocenters. The number of pyridine rings is 1. The highest BCUT2D eigenvalue weighted by Crippen LogP contribution is 2.31. The van der Waals surface area contributed by atoms with Gasteiger partial charge in [-0.25, -0.2) is 4.79 Å². The molecule has 0 aliphatic rings. The minimum Gasteiger partial charge on any atom is -0.478 e. The number of carbonyl (C=O) groups excluding carboxylic acids is 1. The zero-order valence-corrected chi connectivity index (χ0v) is 20.4. The van der Waals surface area contributed by atoms with E-state index >= 15 is 0 Å². The summed E-state index contributed by atoms with van der Waals surface area (Å²) < 4.78 is 43.9. The summed E-state index contributed by atoms with van der Waals surface area (Å²) >= 11 is 0. The third-order valence-electron chi connectivity index (χ3n) is 5.63. The molecule has 1 aromatic heterocycles. The highest BCUT2D eigenvalue weighted by Gasteiger charge is 2.30. The first kappa shape index (κ1) is 26.7. The van der Waals surface area contributed by atoms with Gasteiger partial charge >= 0.3 is 12.1 Å². The van der Waals surface area contributed by atoms with Crippen molar-refractivity contribution in [2.75, 3.05) is 5.32 Å². The molecule has 0 radical (unpaired) electrons. The van der Waals surface area contributed by atoms with E-state index in [0.29, 0.717) is 34.8 Å². The van der Waals surface area contributed by atoms with Crippen molar-refractivity contribution in [1.29, 1.82) is 0 Å². The lowest BCUT2D eigenvalue weighted by molar-refractivity contribution is -0.152. The first-order valence-corrected chi connectivity index (χ1v) is 11.2. The smallest absolute Gasteiger partial charge is 0.416 e. The number of halogens is 3. The zero-order valence-electron chi connectivity index (χ0n) is 20.4. The quantitative estimate of drug-likeness (QED) is 0.385. The Balaban J connectivity index is 1.60. The Labute approximate surface area is 207 Å². The summed E-state index contributed by atoms with van der Waals surface area (Å²) in [6.07, 6.45) is -3.73. The summed E-state index contributed by atoms with van der Waals surface area (Å²) in [5.41, 5.74) is 1.68. The van der Waals surface area contributed by atoms with Crippen molar-refractivity contribution in [2.24, 2.45) is 0 Å². The molecule has 190 valence electrons. The molecule has 0 fully saturated rings. The minimum atomic E-state index is -4.40. The first-order chi connectivity index (χ1) is 16.8. The van der Waals surface area contributed by atoms with Gasteiger partial charge in [0.2, 0.25) is 5.91 Å². The number of ether oxygens (including phenoxy) is 1. The molecule has 0 bridgehead atoms. The van der Waals surface area contributed by atoms with Gasteiger partial charge in [-0.1, -0.05) is 24.3 Å². The maximum Gasteiger partial charge on any atom is 0.416 e. The van der Waals surface area contributed by atoms with Gasteiger partial charge in [0.25, 0.3) is 0 Å². The number of carboxylic acids is 1. The average molecular weight is 501 g/mol. The van der Waals surface area contributed by atoms with E-state index in [2.05, 4.69) is 10.3 Å². The van der Waals surface area contributed by atoms with Crippen LogP contribution in [0.1, 0.15) is 42.7 Å². The van der Waals surface area contributed by atoms with Gasteiger partial charge < -0.3 is 15.2 Å². The Morgan fingerprint density at radius 1 is 1.00 bits per heavy atom. The second-order valence-electron chi connectivity index (χ2n) is 8.97. The molecule has 1 amide bonds. The molecule has 0 unspecified atom stereocenters. The van der Waals surface area contributed by atoms with Crippen LogP contribution in [0.4, 0.5) is 18.9 Å². The van der Waals surface area contributed by atoms with Crippen LogP contribution >= 0.6 is 0 Å². The number of hydrogen-bond donors (Lipinski definition) is 2. The van der Waals surface area contributed by atoms with Gasteiger partial charge in [-0.15, -0.1) is 0 Å². The number of aromatic nitrogens is 1. The number of hydrogen-bond acceptors (Lipinski definition) is 4. The Bertz CT molecular complexity index is 1270. The normalized spacial score (nSPS) is 11.8. The zero-order chi connectivity index (χ0) is 26.7. The Kier molecular flexibility index (Phi) is 7.71. The van der Waals surface area contributed by atoms with Crippen LogP contribution in [0, 0.1) is 13.8 Å². The van der Waals surface area contributed by atoms with Crippen molar-refractivity contribution >= 4 is 17.6 Å². The SMILES string of the molecule is Cc1cc(CCC(=O)Nc2ccc(-c3ccc(C(F)(F)F)cc3)nc2C)ccc1OC(C)(C)C(=O)O. The molecule has 6 nitrogen and oxygen atoms in total. The maximum absolute atomic E-state index is 12.8. The van der Waals surface area contributed by atoms with E-state index in [0.717, 1.165) is 23.3 Å². The molecular weight excluding hydrogens is 473 g/mol. The van der Waals surface area contributed by atoms with Crippen molar-refractivity contribution in [3.63, 3.8) is 0 Å². The molecular formula is C27H27F3N2O4. The molecule has 3 rings (SSSR count). The summed E-state index contributed by atoms with van der Waals surface area (Å²) in [4.78, 5) is 28.2. The van der Waals surface area contributed by atoms with Gasteiger partial charge in [0.05, 0.1) is 22.6 Å². The number of carbonyl (C=O) groups is 2. The van der Waals surface area contributed by atoms with Gasteiger partial charge in [0.1, 0.15) is 5.75 Å². The number of anilines is 1. The number of nitrogens with zero attached hydrogens (tertiary/aromatic N) is 1. The monoisotopic (exact) mass is 500 g/mol. The second kappa shape index (κ2) is 10.4. The van der Waals surface area contributed by atoms with E-state index in [1.807, 2.05) is 13.0 Å². The Morgan fingerprint density at radius 2 is 1.67 bits per heavy atom. The number of alkyl halides is 3. The van der Waals surface area contributed by atoms with Crippen LogP contribution in [-0.2, 0) is 22.2 Å². The van der Waals surface area contributed by atoms with Crippen molar-refractivity contribution in [2.45, 2.75) is 52.3 Å². The number of carboxylic acid groups (broad SMARTS) is 1. The van der Waals surface area contributed by atoms with Crippen molar-refractivity contribution in [1.82, 2.24) is 4.98 Å². The molecule has 0 saturated carbocycles. The first-order valence-electron chi connectivity index (χ1n) is 11.2. The molecule has 0 aliphatic carbocycles. The topological polar surface area (TPSA) is 88.5 Å². The van der Waals surface area contributed by atoms with Crippen LogP contribution in [0.5, 0.6) is 5.75 Å². The molecule has 0 aliphatic heterocycles. The van der Waals surface area contributed by atoms with Crippen LogP contribution in [-0.4, -0.2) is 27.6 Å². The van der Waals surface area contributed by atoms with Gasteiger partial charge in [0, 0.05) is 12.0 Å². The molecule has 3 aromatic rings. The van der Waals surface area contributed by atoms with Crippen LogP contribution in [0.2, 0.25) is 0 Å². The van der Waals surface area contributed by atoms with E-state index in [4.69, 9.17) is 4.74 Å². The fraction of sp³-hybridized carbons (Fsp3) is 0.296. The molecule has 2 N–H and O–H groups in total. The number of aliphatic carboxylic acids is 1. The van der Waals surface area contributed by atoms with Gasteiger partial charge in [0.15, 0.2) is 5.60 Å². The lowest BCUT2D eigenvalue weighted by atomic mass is 10.0. The Morgan fingerprint density at radius 3 is 2.22 bits per heavy atom. The van der Waals surface area contributed by atoms with Gasteiger partial charge in [-0.3, -0.25) is 9.78 Å². The number of nitrogens with one attached hydrogen (secondary N) is 1. The number of aryl methyl sites for hydroxylation is 3. The van der Waals surface area contributed by atoms with E-state index in [-0.39, 0.29) is 12.3 Å². The summed E-state index contributed by atoms with van der Waals surface area (Å²) in [5, 5.41) is 12.0. The molecule has 36 heavy (non-hydrogen) atoms. The lowest BCUT2D eigenvalue weighted by Crippen LogP contribution is -2.38. The predicted molar refractivity (Wildman–Crippen MR) is 130 cm³/mol. The van der Waals surface area contributed by atoms with E-state index < -0.39 is 23.3 Å². The fourth-order valence-corrected chi connectivity index (χ4v) is 3.45. The third kappa shape index (κ3) is 6.62. The molecule has 2 aromatic carbocycles. The van der Waals surface area contributed by atoms with Gasteiger partial charge in [-0.05, 0) is 75.6 Å². The minimum absolute atomic E-state index is 0.209. The van der Waals surface area contributed by atoms with Crippen molar-refractivity contribution < 1.29 is 32.6 Å². The highest BCUT2D eigenvalue weighted by molar-refractivity contribution is 5.91. The van der Waals surface area contributed by atoms with E-state index in [9.17, 15) is 27.9 Å².